The van der Waals surface area contributed by atoms with Crippen molar-refractivity contribution in [3.63, 3.8) is 0 Å². The molecule has 1 aliphatic carbocycles. The molecule has 2 aliphatic rings. The summed E-state index contributed by atoms with van der Waals surface area (Å²) in [7, 11) is 0. The monoisotopic (exact) mass is 310 g/mol. The minimum Gasteiger partial charge on any atom is -0.384 e. The Morgan fingerprint density at radius 1 is 1.48 bits per heavy atom. The Labute approximate surface area is 133 Å². The fourth-order valence-corrected chi connectivity index (χ4v) is 3.61. The molecule has 4 rings (SSSR count). The molecule has 118 valence electrons. The number of aliphatic hydroxyl groups excluding tert-OH is 1. The van der Waals surface area contributed by atoms with Crippen LogP contribution in [-0.2, 0) is 0 Å². The summed E-state index contributed by atoms with van der Waals surface area (Å²) in [5.41, 5.74) is 1.99. The highest BCUT2D eigenvalue weighted by Gasteiger charge is 2.40. The number of nitrogens with zero attached hydrogens (tertiary/aromatic N) is 2. The second-order valence-corrected chi connectivity index (χ2v) is 6.16. The molecule has 1 aliphatic heterocycles. The first-order chi connectivity index (χ1) is 11.2. The Balaban J connectivity index is 1.57. The van der Waals surface area contributed by atoms with E-state index in [4.69, 9.17) is 5.11 Å². The van der Waals surface area contributed by atoms with Crippen LogP contribution in [0.4, 0.5) is 0 Å². The second-order valence-electron chi connectivity index (χ2n) is 6.16. The summed E-state index contributed by atoms with van der Waals surface area (Å²) < 4.78 is 1.83. The molecular formula is C17H18N4O2. The molecule has 23 heavy (non-hydrogen) atoms. The number of rotatable bonds is 2. The van der Waals surface area contributed by atoms with E-state index in [1.807, 2.05) is 16.5 Å². The Morgan fingerprint density at radius 2 is 2.39 bits per heavy atom. The minimum atomic E-state index is -0.191. The number of carbonyl (C=O) groups is 1. The number of hydrogen-bond acceptors (Lipinski definition) is 4. The van der Waals surface area contributed by atoms with Gasteiger partial charge in [0, 0.05) is 24.8 Å². The number of nitrogens with one attached hydrogen (secondary N) is 2. The van der Waals surface area contributed by atoms with Gasteiger partial charge in [-0.25, -0.2) is 4.98 Å². The van der Waals surface area contributed by atoms with Gasteiger partial charge in [-0.1, -0.05) is 5.92 Å². The highest BCUT2D eigenvalue weighted by atomic mass is 16.2. The lowest BCUT2D eigenvalue weighted by molar-refractivity contribution is 0.0919. The van der Waals surface area contributed by atoms with Crippen molar-refractivity contribution in [2.75, 3.05) is 13.2 Å². The van der Waals surface area contributed by atoms with Crippen LogP contribution >= 0.6 is 0 Å². The topological polar surface area (TPSA) is 78.7 Å². The second kappa shape index (κ2) is 5.69. The summed E-state index contributed by atoms with van der Waals surface area (Å²) in [6, 6.07) is 4.52. The number of hydrogen-bond donors (Lipinski definition) is 3. The van der Waals surface area contributed by atoms with Crippen LogP contribution in [0.1, 0.15) is 29.0 Å². The summed E-state index contributed by atoms with van der Waals surface area (Å²) in [6.07, 6.45) is 5.52. The van der Waals surface area contributed by atoms with Crippen LogP contribution in [0, 0.1) is 17.8 Å². The summed E-state index contributed by atoms with van der Waals surface area (Å²) in [5, 5.41) is 15.4. The van der Waals surface area contributed by atoms with Crippen molar-refractivity contribution in [3.05, 3.63) is 35.9 Å². The molecule has 0 spiro atoms. The lowest BCUT2D eigenvalue weighted by Crippen LogP contribution is -2.44. The van der Waals surface area contributed by atoms with E-state index in [9.17, 15) is 4.79 Å². The molecule has 1 amide bonds. The van der Waals surface area contributed by atoms with Crippen LogP contribution in [0.2, 0.25) is 0 Å². The van der Waals surface area contributed by atoms with Crippen LogP contribution in [0.5, 0.6) is 0 Å². The average molecular weight is 310 g/mol. The molecule has 0 radical (unpaired) electrons. The minimum absolute atomic E-state index is 0.140. The molecule has 1 saturated heterocycles. The number of carbonyl (C=O) groups excluding carboxylic acids is 1. The van der Waals surface area contributed by atoms with Crippen molar-refractivity contribution in [2.24, 2.45) is 5.92 Å². The first-order valence-electron chi connectivity index (χ1n) is 7.85. The number of piperidine rings is 1. The van der Waals surface area contributed by atoms with Crippen LogP contribution in [0.3, 0.4) is 0 Å². The largest absolute Gasteiger partial charge is 0.384 e. The van der Waals surface area contributed by atoms with Crippen molar-refractivity contribution in [1.29, 1.82) is 0 Å². The summed E-state index contributed by atoms with van der Waals surface area (Å²) in [6.45, 7) is 0.796. The number of aliphatic hydroxyl groups is 1. The predicted molar refractivity (Wildman–Crippen MR) is 84.9 cm³/mol. The van der Waals surface area contributed by atoms with Crippen molar-refractivity contribution < 1.29 is 9.90 Å². The SMILES string of the molecule is O=C(NC1CC2CC1CN2)c1cn2c(C#CCO)ccc2cn1. The number of aromatic nitrogens is 2. The van der Waals surface area contributed by atoms with Gasteiger partial charge < -0.3 is 20.1 Å². The van der Waals surface area contributed by atoms with Gasteiger partial charge in [-0.15, -0.1) is 0 Å². The van der Waals surface area contributed by atoms with E-state index < -0.39 is 0 Å². The fourth-order valence-electron chi connectivity index (χ4n) is 3.61. The third-order valence-corrected chi connectivity index (χ3v) is 4.75. The molecule has 2 bridgehead atoms. The van der Waals surface area contributed by atoms with Crippen LogP contribution < -0.4 is 10.6 Å². The maximum atomic E-state index is 12.5. The maximum Gasteiger partial charge on any atom is 0.271 e. The Morgan fingerprint density at radius 3 is 3.13 bits per heavy atom. The van der Waals surface area contributed by atoms with Crippen molar-refractivity contribution in [1.82, 2.24) is 20.0 Å². The Hall–Kier alpha value is -2.36. The van der Waals surface area contributed by atoms with Gasteiger partial charge in [0.2, 0.25) is 0 Å². The van der Waals surface area contributed by atoms with Gasteiger partial charge in [0.25, 0.3) is 5.91 Å². The molecule has 3 N–H and O–H groups in total. The quantitative estimate of drug-likeness (QED) is 0.691. The maximum absolute atomic E-state index is 12.5. The van der Waals surface area contributed by atoms with E-state index in [-0.39, 0.29) is 18.6 Å². The van der Waals surface area contributed by atoms with Crippen molar-refractivity contribution >= 4 is 11.4 Å². The molecule has 1 saturated carbocycles. The van der Waals surface area contributed by atoms with E-state index in [0.29, 0.717) is 17.7 Å². The van der Waals surface area contributed by atoms with E-state index >= 15 is 0 Å². The van der Waals surface area contributed by atoms with Crippen LogP contribution in [0.15, 0.2) is 24.5 Å². The molecule has 2 aromatic rings. The predicted octanol–water partition coefficient (Wildman–Crippen LogP) is 0.158. The van der Waals surface area contributed by atoms with E-state index in [1.165, 1.54) is 0 Å². The third-order valence-electron chi connectivity index (χ3n) is 4.75. The van der Waals surface area contributed by atoms with Crippen LogP contribution in [-0.4, -0.2) is 45.6 Å². The fraction of sp³-hybridized carbons (Fsp3) is 0.412. The lowest BCUT2D eigenvalue weighted by atomic mass is 10.0. The van der Waals surface area contributed by atoms with Gasteiger partial charge in [-0.2, -0.15) is 0 Å². The first-order valence-corrected chi connectivity index (χ1v) is 7.85. The third kappa shape index (κ3) is 2.58. The molecule has 6 nitrogen and oxygen atoms in total. The van der Waals surface area contributed by atoms with Gasteiger partial charge >= 0.3 is 0 Å². The van der Waals surface area contributed by atoms with E-state index in [2.05, 4.69) is 27.5 Å². The Bertz CT molecular complexity index is 817. The molecule has 6 heteroatoms. The summed E-state index contributed by atoms with van der Waals surface area (Å²) >= 11 is 0. The van der Waals surface area contributed by atoms with Gasteiger partial charge in [0.1, 0.15) is 12.3 Å². The highest BCUT2D eigenvalue weighted by Crippen LogP contribution is 2.31. The van der Waals surface area contributed by atoms with Gasteiger partial charge in [0.15, 0.2) is 0 Å². The zero-order valence-corrected chi connectivity index (χ0v) is 12.6. The van der Waals surface area contributed by atoms with Gasteiger partial charge in [-0.05, 0) is 36.8 Å². The molecule has 3 atom stereocenters. The molecule has 3 unspecified atom stereocenters. The number of fused-ring (bicyclic) bond motifs is 3. The van der Waals surface area contributed by atoms with Crippen LogP contribution in [0.25, 0.3) is 5.52 Å². The molecule has 2 aromatic heterocycles. The molecular weight excluding hydrogens is 292 g/mol. The summed E-state index contributed by atoms with van der Waals surface area (Å²) in [5.74, 6) is 5.89. The molecule has 0 aromatic carbocycles. The normalized spacial score (nSPS) is 25.3. The lowest BCUT2D eigenvalue weighted by Gasteiger charge is -2.23. The van der Waals surface area contributed by atoms with Gasteiger partial charge in [0.05, 0.1) is 17.4 Å². The number of amides is 1. The smallest absolute Gasteiger partial charge is 0.271 e. The zero-order valence-electron chi connectivity index (χ0n) is 12.6. The van der Waals surface area contributed by atoms with Crippen molar-refractivity contribution in [3.8, 4) is 11.8 Å². The standard InChI is InChI=1S/C17H18N4O2/c22-5-1-2-13-3-4-14-9-19-16(10-21(13)14)17(23)20-15-7-12-6-11(15)8-18-12/h3-4,9-12,15,18,22H,5-8H2,(H,20,23). The average Bonchev–Trinajstić information content (AvgIpc) is 3.27. The zero-order chi connectivity index (χ0) is 15.8. The molecule has 3 heterocycles. The first kappa shape index (κ1) is 14.2. The van der Waals surface area contributed by atoms with E-state index in [1.54, 1.807) is 12.4 Å². The molecule has 2 fully saturated rings. The Kier molecular flexibility index (Phi) is 3.52. The summed E-state index contributed by atoms with van der Waals surface area (Å²) in [4.78, 5) is 16.7. The van der Waals surface area contributed by atoms with Gasteiger partial charge in [-0.3, -0.25) is 4.79 Å². The van der Waals surface area contributed by atoms with Crippen molar-refractivity contribution in [2.45, 2.75) is 24.9 Å². The van der Waals surface area contributed by atoms with E-state index in [0.717, 1.165) is 30.6 Å². The highest BCUT2D eigenvalue weighted by molar-refractivity contribution is 5.92.